The summed E-state index contributed by atoms with van der Waals surface area (Å²) in [4.78, 5) is 0. The van der Waals surface area contributed by atoms with Crippen molar-refractivity contribution in [3.05, 3.63) is 0 Å². The van der Waals surface area contributed by atoms with E-state index in [9.17, 15) is 0 Å². The molecule has 1 aliphatic rings. The zero-order valence-electron chi connectivity index (χ0n) is 6.02. The third-order valence-corrected chi connectivity index (χ3v) is 1.61. The fraction of sp³-hybridized carbons (Fsp3) is 0.833. The Hall–Kier alpha value is -0.350. The first-order chi connectivity index (χ1) is 4.83. The fourth-order valence-electron chi connectivity index (χ4n) is 0.912. The highest BCUT2D eigenvalue weighted by Crippen LogP contribution is 1.97. The molecule has 4 heteroatoms. The Labute approximate surface area is 66.1 Å². The van der Waals surface area contributed by atoms with Gasteiger partial charge in [-0.1, -0.05) is 0 Å². The molecule has 0 saturated carbocycles. The van der Waals surface area contributed by atoms with Gasteiger partial charge in [-0.05, 0) is 19.1 Å². The van der Waals surface area contributed by atoms with Crippen molar-refractivity contribution < 1.29 is 4.74 Å². The molecule has 2 N–H and O–H groups in total. The molecule has 3 nitrogen and oxygen atoms in total. The van der Waals surface area contributed by atoms with Gasteiger partial charge in [-0.3, -0.25) is 0 Å². The maximum absolute atomic E-state index is 5.31. The number of thiocarbonyl (C=S) groups is 1. The van der Waals surface area contributed by atoms with Crippen molar-refractivity contribution in [1.82, 2.24) is 10.6 Å². The van der Waals surface area contributed by atoms with Crippen LogP contribution in [0.1, 0.15) is 13.3 Å². The number of nitrogens with one attached hydrogen (secondary N) is 2. The molecule has 0 aromatic carbocycles. The Kier molecular flexibility index (Phi) is 2.89. The van der Waals surface area contributed by atoms with Crippen molar-refractivity contribution in [2.24, 2.45) is 0 Å². The molecule has 1 fully saturated rings. The van der Waals surface area contributed by atoms with E-state index in [4.69, 9.17) is 17.0 Å². The number of ether oxygens (including phenoxy) is 1. The molecule has 1 saturated heterocycles. The van der Waals surface area contributed by atoms with Gasteiger partial charge in [-0.2, -0.15) is 0 Å². The minimum atomic E-state index is 0.124. The Morgan fingerprint density at radius 1 is 1.80 bits per heavy atom. The van der Waals surface area contributed by atoms with E-state index in [-0.39, 0.29) is 6.23 Å². The number of hydrogen-bond donors (Lipinski definition) is 2. The lowest BCUT2D eigenvalue weighted by molar-refractivity contribution is 0.0422. The molecule has 1 aliphatic heterocycles. The second-order valence-corrected chi connectivity index (χ2v) is 2.54. The second kappa shape index (κ2) is 3.73. The first-order valence-electron chi connectivity index (χ1n) is 3.49. The molecule has 1 rings (SSSR count). The molecule has 1 unspecified atom stereocenters. The fourth-order valence-corrected chi connectivity index (χ4v) is 1.15. The summed E-state index contributed by atoms with van der Waals surface area (Å²) >= 11 is 4.89. The van der Waals surface area contributed by atoms with Crippen LogP contribution in [0.25, 0.3) is 0 Å². The summed E-state index contributed by atoms with van der Waals surface area (Å²) in [6.45, 7) is 3.63. The summed E-state index contributed by atoms with van der Waals surface area (Å²) in [6, 6.07) is 0. The van der Waals surface area contributed by atoms with Crippen LogP contribution in [0.3, 0.4) is 0 Å². The summed E-state index contributed by atoms with van der Waals surface area (Å²) < 4.78 is 5.31. The van der Waals surface area contributed by atoms with Crippen molar-refractivity contribution >= 4 is 17.3 Å². The molecule has 0 spiro atoms. The molecule has 1 atom stereocenters. The molecule has 0 amide bonds. The molecule has 58 valence electrons. The van der Waals surface area contributed by atoms with Crippen LogP contribution in [-0.4, -0.2) is 24.5 Å². The molecule has 10 heavy (non-hydrogen) atoms. The van der Waals surface area contributed by atoms with Crippen molar-refractivity contribution in [2.75, 3.05) is 13.2 Å². The first-order valence-corrected chi connectivity index (χ1v) is 3.89. The van der Waals surface area contributed by atoms with Gasteiger partial charge in [0.1, 0.15) is 6.23 Å². The first kappa shape index (κ1) is 7.75. The Balaban J connectivity index is 2.25. The average molecular weight is 160 g/mol. The van der Waals surface area contributed by atoms with Crippen molar-refractivity contribution in [3.63, 3.8) is 0 Å². The smallest absolute Gasteiger partial charge is 0.168 e. The van der Waals surface area contributed by atoms with Crippen molar-refractivity contribution in [1.29, 1.82) is 0 Å². The van der Waals surface area contributed by atoms with Crippen LogP contribution in [0.4, 0.5) is 0 Å². The van der Waals surface area contributed by atoms with Crippen LogP contribution < -0.4 is 10.6 Å². The second-order valence-electron chi connectivity index (χ2n) is 2.13. The molecular weight excluding hydrogens is 148 g/mol. The molecule has 0 bridgehead atoms. The van der Waals surface area contributed by atoms with Gasteiger partial charge in [0, 0.05) is 19.6 Å². The van der Waals surface area contributed by atoms with Crippen LogP contribution >= 0.6 is 12.2 Å². The zero-order valence-corrected chi connectivity index (χ0v) is 6.83. The molecule has 0 aromatic rings. The van der Waals surface area contributed by atoms with E-state index in [0.717, 1.165) is 19.6 Å². The Morgan fingerprint density at radius 3 is 3.20 bits per heavy atom. The van der Waals surface area contributed by atoms with E-state index < -0.39 is 0 Å². The lowest BCUT2D eigenvalue weighted by atomic mass is 10.3. The summed E-state index contributed by atoms with van der Waals surface area (Å²) in [7, 11) is 0. The van der Waals surface area contributed by atoms with Crippen LogP contribution in [0.15, 0.2) is 0 Å². The molecule has 0 radical (unpaired) electrons. The largest absolute Gasteiger partial charge is 0.363 e. The summed E-state index contributed by atoms with van der Waals surface area (Å²) in [5.41, 5.74) is 0. The predicted molar refractivity (Wildman–Crippen MR) is 43.8 cm³/mol. The maximum Gasteiger partial charge on any atom is 0.168 e. The minimum Gasteiger partial charge on any atom is -0.363 e. The van der Waals surface area contributed by atoms with Gasteiger partial charge < -0.3 is 15.4 Å². The average Bonchev–Trinajstić information content (AvgIpc) is 1.88. The number of rotatable bonds is 2. The van der Waals surface area contributed by atoms with E-state index >= 15 is 0 Å². The van der Waals surface area contributed by atoms with Crippen molar-refractivity contribution in [2.45, 2.75) is 19.6 Å². The predicted octanol–water partition coefficient (Wildman–Crippen LogP) is 0.217. The standard InChI is InChI=1S/C6H12N2OS/c1-2-9-5-3-4-7-6(10)8-5/h5H,2-4H2,1H3,(H2,7,8,10). The quantitative estimate of drug-likeness (QED) is 0.566. The lowest BCUT2D eigenvalue weighted by Gasteiger charge is -2.25. The molecule has 0 aromatic heterocycles. The van der Waals surface area contributed by atoms with Gasteiger partial charge in [0.25, 0.3) is 0 Å². The lowest BCUT2D eigenvalue weighted by Crippen LogP contribution is -2.50. The third-order valence-electron chi connectivity index (χ3n) is 1.35. The topological polar surface area (TPSA) is 33.3 Å². The Bertz CT molecular complexity index is 127. The molecule has 1 heterocycles. The van der Waals surface area contributed by atoms with Gasteiger partial charge >= 0.3 is 0 Å². The summed E-state index contributed by atoms with van der Waals surface area (Å²) in [5.74, 6) is 0. The van der Waals surface area contributed by atoms with Gasteiger partial charge in [-0.25, -0.2) is 0 Å². The SMILES string of the molecule is CCOC1CCNC(=S)N1. The van der Waals surface area contributed by atoms with Crippen LogP contribution in [-0.2, 0) is 4.74 Å². The minimum absolute atomic E-state index is 0.124. The van der Waals surface area contributed by atoms with E-state index in [1.807, 2.05) is 6.92 Å². The summed E-state index contributed by atoms with van der Waals surface area (Å²) in [6.07, 6.45) is 1.10. The summed E-state index contributed by atoms with van der Waals surface area (Å²) in [5, 5.41) is 6.72. The van der Waals surface area contributed by atoms with Gasteiger partial charge in [-0.15, -0.1) is 0 Å². The van der Waals surface area contributed by atoms with E-state index in [1.54, 1.807) is 0 Å². The van der Waals surface area contributed by atoms with Crippen LogP contribution in [0.2, 0.25) is 0 Å². The van der Waals surface area contributed by atoms with Crippen LogP contribution in [0, 0.1) is 0 Å². The van der Waals surface area contributed by atoms with E-state index in [1.165, 1.54) is 0 Å². The van der Waals surface area contributed by atoms with Crippen molar-refractivity contribution in [3.8, 4) is 0 Å². The highest BCUT2D eigenvalue weighted by molar-refractivity contribution is 7.80. The van der Waals surface area contributed by atoms with Gasteiger partial charge in [0.2, 0.25) is 0 Å². The monoisotopic (exact) mass is 160 g/mol. The van der Waals surface area contributed by atoms with E-state index in [0.29, 0.717) is 5.11 Å². The van der Waals surface area contributed by atoms with Gasteiger partial charge in [0.05, 0.1) is 0 Å². The van der Waals surface area contributed by atoms with E-state index in [2.05, 4.69) is 10.6 Å². The highest BCUT2D eigenvalue weighted by atomic mass is 32.1. The normalized spacial score (nSPS) is 25.3. The van der Waals surface area contributed by atoms with Crippen LogP contribution in [0.5, 0.6) is 0 Å². The van der Waals surface area contributed by atoms with Gasteiger partial charge in [0.15, 0.2) is 5.11 Å². The molecule has 0 aliphatic carbocycles. The molecular formula is C6H12N2OS. The highest BCUT2D eigenvalue weighted by Gasteiger charge is 2.13. The maximum atomic E-state index is 5.31. The third kappa shape index (κ3) is 2.11. The Morgan fingerprint density at radius 2 is 2.60 bits per heavy atom. The number of hydrogen-bond acceptors (Lipinski definition) is 2. The zero-order chi connectivity index (χ0) is 7.40.